The Balaban J connectivity index is 1.75. The van der Waals surface area contributed by atoms with Crippen molar-refractivity contribution in [3.63, 3.8) is 0 Å². The van der Waals surface area contributed by atoms with E-state index in [-0.39, 0.29) is 6.61 Å². The van der Waals surface area contributed by atoms with E-state index in [1.54, 1.807) is 36.4 Å². The fourth-order valence-electron chi connectivity index (χ4n) is 1.45. The number of esters is 1. The Hall–Kier alpha value is -2.34. The largest absolute Gasteiger partial charge is 0.465 e. The van der Waals surface area contributed by atoms with Crippen LogP contribution in [0.2, 0.25) is 0 Å². The molecule has 1 heterocycles. The summed E-state index contributed by atoms with van der Waals surface area (Å²) in [5.74, 6) is -0.485. The van der Waals surface area contributed by atoms with Crippen molar-refractivity contribution in [2.24, 2.45) is 0 Å². The monoisotopic (exact) mass is 349 g/mol. The van der Waals surface area contributed by atoms with Gasteiger partial charge in [-0.2, -0.15) is 0 Å². The van der Waals surface area contributed by atoms with Crippen molar-refractivity contribution in [1.29, 1.82) is 0 Å². The zero-order chi connectivity index (χ0) is 15.1. The Bertz CT molecular complexity index is 632. The van der Waals surface area contributed by atoms with Crippen molar-refractivity contribution in [3.05, 3.63) is 59.0 Å². The normalized spacial score (nSPS) is 10.5. The molecule has 1 N–H and O–H groups in total. The van der Waals surface area contributed by atoms with Crippen LogP contribution < -0.4 is 5.32 Å². The lowest BCUT2D eigenvalue weighted by Crippen LogP contribution is -2.20. The molecular weight excluding hydrogens is 338 g/mol. The van der Waals surface area contributed by atoms with Gasteiger partial charge in [0.25, 0.3) is 5.91 Å². The second kappa shape index (κ2) is 7.44. The van der Waals surface area contributed by atoms with E-state index in [0.29, 0.717) is 11.4 Å². The molecule has 0 atom stereocenters. The van der Waals surface area contributed by atoms with Gasteiger partial charge in [0.15, 0.2) is 6.61 Å². The minimum Gasteiger partial charge on any atom is -0.465 e. The molecule has 1 aromatic carbocycles. The number of anilines is 1. The highest BCUT2D eigenvalue weighted by Crippen LogP contribution is 2.13. The molecule has 0 aliphatic rings. The molecule has 0 radical (unpaired) electrons. The van der Waals surface area contributed by atoms with Gasteiger partial charge in [0, 0.05) is 16.2 Å². The van der Waals surface area contributed by atoms with E-state index in [1.165, 1.54) is 18.4 Å². The van der Waals surface area contributed by atoms with Crippen molar-refractivity contribution < 1.29 is 18.7 Å². The van der Waals surface area contributed by atoms with Gasteiger partial charge in [0.05, 0.1) is 6.26 Å². The maximum atomic E-state index is 11.6. The Morgan fingerprint density at radius 3 is 2.67 bits per heavy atom. The summed E-state index contributed by atoms with van der Waals surface area (Å²) >= 11 is 3.30. The fourth-order valence-corrected chi connectivity index (χ4v) is 1.72. The van der Waals surface area contributed by atoms with Crippen molar-refractivity contribution in [3.8, 4) is 0 Å². The number of hydrogen-bond donors (Lipinski definition) is 1. The summed E-state index contributed by atoms with van der Waals surface area (Å²) in [5.41, 5.74) is 0.630. The van der Waals surface area contributed by atoms with Gasteiger partial charge < -0.3 is 14.5 Å². The molecule has 108 valence electrons. The Morgan fingerprint density at radius 1 is 1.24 bits per heavy atom. The van der Waals surface area contributed by atoms with Crippen LogP contribution in [0.5, 0.6) is 0 Å². The molecule has 0 spiro atoms. The SMILES string of the molecule is O=C(COC(=O)/C=C/c1ccco1)Nc1ccc(Br)cc1. The van der Waals surface area contributed by atoms with E-state index in [0.717, 1.165) is 4.47 Å². The molecule has 0 saturated heterocycles. The third-order valence-electron chi connectivity index (χ3n) is 2.40. The molecule has 2 aromatic rings. The molecule has 1 amide bonds. The Morgan fingerprint density at radius 2 is 2.00 bits per heavy atom. The number of furan rings is 1. The van der Waals surface area contributed by atoms with Crippen molar-refractivity contribution in [2.45, 2.75) is 0 Å². The number of ether oxygens (including phenoxy) is 1. The van der Waals surface area contributed by atoms with E-state index < -0.39 is 11.9 Å². The van der Waals surface area contributed by atoms with Gasteiger partial charge in [0.2, 0.25) is 0 Å². The number of carbonyl (C=O) groups is 2. The van der Waals surface area contributed by atoms with Gasteiger partial charge in [-0.1, -0.05) is 15.9 Å². The average molecular weight is 350 g/mol. The number of amides is 1. The van der Waals surface area contributed by atoms with Crippen LogP contribution in [-0.2, 0) is 14.3 Å². The van der Waals surface area contributed by atoms with Crippen molar-refractivity contribution >= 4 is 39.6 Å². The van der Waals surface area contributed by atoms with E-state index in [9.17, 15) is 9.59 Å². The van der Waals surface area contributed by atoms with Gasteiger partial charge in [-0.3, -0.25) is 4.79 Å². The van der Waals surface area contributed by atoms with Crippen molar-refractivity contribution in [1.82, 2.24) is 0 Å². The lowest BCUT2D eigenvalue weighted by Gasteiger charge is -2.05. The minimum atomic E-state index is -0.614. The predicted molar refractivity (Wildman–Crippen MR) is 81.5 cm³/mol. The van der Waals surface area contributed by atoms with Gasteiger partial charge in [-0.05, 0) is 42.5 Å². The van der Waals surface area contributed by atoms with Gasteiger partial charge in [0.1, 0.15) is 5.76 Å². The summed E-state index contributed by atoms with van der Waals surface area (Å²) in [7, 11) is 0. The number of nitrogens with one attached hydrogen (secondary N) is 1. The summed E-state index contributed by atoms with van der Waals surface area (Å²) in [5, 5.41) is 2.61. The molecule has 0 bridgehead atoms. The van der Waals surface area contributed by atoms with Crippen LogP contribution in [0.25, 0.3) is 6.08 Å². The lowest BCUT2D eigenvalue weighted by molar-refractivity contribution is -0.142. The van der Waals surface area contributed by atoms with Crippen LogP contribution in [0.3, 0.4) is 0 Å². The van der Waals surface area contributed by atoms with Crippen LogP contribution in [-0.4, -0.2) is 18.5 Å². The summed E-state index contributed by atoms with van der Waals surface area (Å²) in [6, 6.07) is 10.5. The number of rotatable bonds is 5. The molecule has 0 aliphatic heterocycles. The zero-order valence-electron chi connectivity index (χ0n) is 10.9. The minimum absolute atomic E-state index is 0.350. The highest BCUT2D eigenvalue weighted by molar-refractivity contribution is 9.10. The molecule has 2 rings (SSSR count). The zero-order valence-corrected chi connectivity index (χ0v) is 12.5. The van der Waals surface area contributed by atoms with E-state index in [4.69, 9.17) is 9.15 Å². The standard InChI is InChI=1S/C15H12BrNO4/c16-11-3-5-12(6-4-11)17-14(18)10-21-15(19)8-7-13-2-1-9-20-13/h1-9H,10H2,(H,17,18)/b8-7+. The highest BCUT2D eigenvalue weighted by Gasteiger charge is 2.05. The first kappa shape index (κ1) is 15.1. The van der Waals surface area contributed by atoms with Crippen LogP contribution in [0.15, 0.2) is 57.6 Å². The first-order valence-electron chi connectivity index (χ1n) is 6.07. The maximum absolute atomic E-state index is 11.6. The molecule has 0 unspecified atom stereocenters. The quantitative estimate of drug-likeness (QED) is 0.664. The number of benzene rings is 1. The highest BCUT2D eigenvalue weighted by atomic mass is 79.9. The second-order valence-electron chi connectivity index (χ2n) is 4.01. The third kappa shape index (κ3) is 5.27. The number of carbonyl (C=O) groups excluding carboxylic acids is 2. The fraction of sp³-hybridized carbons (Fsp3) is 0.0667. The van der Waals surface area contributed by atoms with E-state index in [1.807, 2.05) is 0 Å². The molecule has 5 nitrogen and oxygen atoms in total. The number of halogens is 1. The predicted octanol–water partition coefficient (Wildman–Crippen LogP) is 3.24. The molecule has 0 aliphatic carbocycles. The number of hydrogen-bond acceptors (Lipinski definition) is 4. The van der Waals surface area contributed by atoms with E-state index >= 15 is 0 Å². The first-order chi connectivity index (χ1) is 10.1. The summed E-state index contributed by atoms with van der Waals surface area (Å²) in [6.07, 6.45) is 4.16. The smallest absolute Gasteiger partial charge is 0.331 e. The van der Waals surface area contributed by atoms with Crippen LogP contribution in [0.1, 0.15) is 5.76 Å². The molecule has 0 saturated carbocycles. The van der Waals surface area contributed by atoms with Crippen LogP contribution in [0, 0.1) is 0 Å². The Labute approximate surface area is 129 Å². The third-order valence-corrected chi connectivity index (χ3v) is 2.93. The summed E-state index contributed by atoms with van der Waals surface area (Å²) in [6.45, 7) is -0.350. The van der Waals surface area contributed by atoms with Crippen LogP contribution in [0.4, 0.5) is 5.69 Å². The molecule has 1 aromatic heterocycles. The lowest BCUT2D eigenvalue weighted by atomic mass is 10.3. The van der Waals surface area contributed by atoms with Crippen molar-refractivity contribution in [2.75, 3.05) is 11.9 Å². The molecule has 0 fully saturated rings. The summed E-state index contributed by atoms with van der Waals surface area (Å²) in [4.78, 5) is 23.0. The Kier molecular flexibility index (Phi) is 5.34. The second-order valence-corrected chi connectivity index (χ2v) is 4.93. The first-order valence-corrected chi connectivity index (χ1v) is 6.86. The average Bonchev–Trinajstić information content (AvgIpc) is 2.99. The topological polar surface area (TPSA) is 68.5 Å². The maximum Gasteiger partial charge on any atom is 0.331 e. The van der Waals surface area contributed by atoms with Gasteiger partial charge in [-0.25, -0.2) is 4.79 Å². The van der Waals surface area contributed by atoms with Gasteiger partial charge >= 0.3 is 5.97 Å². The van der Waals surface area contributed by atoms with Crippen LogP contribution >= 0.6 is 15.9 Å². The van der Waals surface area contributed by atoms with Gasteiger partial charge in [-0.15, -0.1) is 0 Å². The molecule has 6 heteroatoms. The molecular formula is C15H12BrNO4. The molecule has 21 heavy (non-hydrogen) atoms. The van der Waals surface area contributed by atoms with E-state index in [2.05, 4.69) is 21.2 Å². The summed E-state index contributed by atoms with van der Waals surface area (Å²) < 4.78 is 10.7.